The largest absolute Gasteiger partial charge is 0.472 e. The molecule has 124 valence electrons. The highest BCUT2D eigenvalue weighted by Crippen LogP contribution is 2.23. The monoisotopic (exact) mass is 327 g/mol. The van der Waals surface area contributed by atoms with Gasteiger partial charge >= 0.3 is 0 Å². The minimum absolute atomic E-state index is 0.140. The lowest BCUT2D eigenvalue weighted by atomic mass is 10.2. The van der Waals surface area contributed by atoms with Crippen LogP contribution >= 0.6 is 0 Å². The highest BCUT2D eigenvalue weighted by molar-refractivity contribution is 5.94. The van der Waals surface area contributed by atoms with Gasteiger partial charge in [0.05, 0.1) is 23.3 Å². The van der Waals surface area contributed by atoms with Crippen molar-refractivity contribution in [3.63, 3.8) is 0 Å². The van der Waals surface area contributed by atoms with E-state index in [1.807, 2.05) is 17.2 Å². The molecule has 0 unspecified atom stereocenters. The summed E-state index contributed by atoms with van der Waals surface area (Å²) in [5.41, 5.74) is 1.25. The van der Waals surface area contributed by atoms with Gasteiger partial charge in [-0.05, 0) is 12.1 Å². The van der Waals surface area contributed by atoms with Crippen molar-refractivity contribution in [2.24, 2.45) is 0 Å². The van der Waals surface area contributed by atoms with E-state index in [0.717, 1.165) is 16.9 Å². The van der Waals surface area contributed by atoms with Crippen LogP contribution in [0.15, 0.2) is 41.6 Å². The Balaban J connectivity index is 1.58. The van der Waals surface area contributed by atoms with Crippen molar-refractivity contribution < 1.29 is 14.3 Å². The molecule has 0 bridgehead atoms. The van der Waals surface area contributed by atoms with Crippen molar-refractivity contribution in [3.8, 4) is 0 Å². The summed E-state index contributed by atoms with van der Waals surface area (Å²) >= 11 is 0. The summed E-state index contributed by atoms with van der Waals surface area (Å²) in [7, 11) is 0. The number of aliphatic hydroxyl groups is 1. The number of β-amino-alcohol motifs (C(OH)–C–C–N with tert-alkyl or cyclic N) is 1. The first-order chi connectivity index (χ1) is 11.7. The summed E-state index contributed by atoms with van der Waals surface area (Å²) in [6.07, 6.45) is 5.54. The number of nitrogens with zero attached hydrogens (tertiary/aromatic N) is 4. The number of H-pyrrole nitrogens is 1. The average Bonchev–Trinajstić information content (AvgIpc) is 3.24. The van der Waals surface area contributed by atoms with Crippen LogP contribution in [-0.2, 0) is 0 Å². The highest BCUT2D eigenvalue weighted by Gasteiger charge is 2.27. The second-order valence-corrected chi connectivity index (χ2v) is 5.80. The van der Waals surface area contributed by atoms with E-state index in [1.54, 1.807) is 11.0 Å². The minimum atomic E-state index is -0.660. The highest BCUT2D eigenvalue weighted by atomic mass is 16.3. The standard InChI is InChI=1S/C16H17N5O3/c22-12-7-20(15-13-1-3-17-14(13)18-10-19-15)4-5-21(8-12)16(23)11-2-6-24-9-11/h1-3,6,9-10,12,22H,4-5,7-8H2,(H,17,18,19)/t12-/m1/s1. The molecule has 3 aromatic heterocycles. The van der Waals surface area contributed by atoms with Crippen LogP contribution in [0.1, 0.15) is 10.4 Å². The Bertz CT molecular complexity index is 844. The fraction of sp³-hybridized carbons (Fsp3) is 0.312. The predicted octanol–water partition coefficient (Wildman–Crippen LogP) is 0.874. The normalized spacial score (nSPS) is 18.8. The van der Waals surface area contributed by atoms with Gasteiger partial charge in [-0.25, -0.2) is 9.97 Å². The lowest BCUT2D eigenvalue weighted by Crippen LogP contribution is -2.37. The van der Waals surface area contributed by atoms with Crippen molar-refractivity contribution in [3.05, 3.63) is 42.7 Å². The van der Waals surface area contributed by atoms with E-state index in [-0.39, 0.29) is 12.5 Å². The molecule has 3 aromatic rings. The number of aromatic amines is 1. The van der Waals surface area contributed by atoms with E-state index in [1.165, 1.54) is 18.9 Å². The number of rotatable bonds is 2. The van der Waals surface area contributed by atoms with E-state index in [9.17, 15) is 9.90 Å². The smallest absolute Gasteiger partial charge is 0.257 e. The molecule has 0 radical (unpaired) electrons. The van der Waals surface area contributed by atoms with Crippen molar-refractivity contribution >= 4 is 22.8 Å². The van der Waals surface area contributed by atoms with Crippen LogP contribution in [0.4, 0.5) is 5.82 Å². The van der Waals surface area contributed by atoms with E-state index < -0.39 is 6.10 Å². The number of fused-ring (bicyclic) bond motifs is 1. The molecule has 1 aliphatic heterocycles. The van der Waals surface area contributed by atoms with Gasteiger partial charge in [0, 0.05) is 32.4 Å². The van der Waals surface area contributed by atoms with Crippen LogP contribution in [0.25, 0.3) is 11.0 Å². The molecular formula is C16H17N5O3. The molecule has 8 nitrogen and oxygen atoms in total. The van der Waals surface area contributed by atoms with Crippen LogP contribution < -0.4 is 4.90 Å². The topological polar surface area (TPSA) is 98.5 Å². The molecule has 8 heteroatoms. The Morgan fingerprint density at radius 1 is 1.29 bits per heavy atom. The number of anilines is 1. The molecule has 1 aliphatic rings. The van der Waals surface area contributed by atoms with E-state index >= 15 is 0 Å². The summed E-state index contributed by atoms with van der Waals surface area (Å²) in [5, 5.41) is 11.3. The molecule has 1 fully saturated rings. The Hall–Kier alpha value is -2.87. The maximum atomic E-state index is 12.5. The Morgan fingerprint density at radius 3 is 3.04 bits per heavy atom. The number of nitrogens with one attached hydrogen (secondary N) is 1. The van der Waals surface area contributed by atoms with Crippen molar-refractivity contribution in [2.45, 2.75) is 6.10 Å². The van der Waals surface area contributed by atoms with Gasteiger partial charge in [0.2, 0.25) is 0 Å². The third kappa shape index (κ3) is 2.61. The quantitative estimate of drug-likeness (QED) is 0.725. The summed E-state index contributed by atoms with van der Waals surface area (Å²) in [5.74, 6) is 0.622. The summed E-state index contributed by atoms with van der Waals surface area (Å²) in [4.78, 5) is 27.7. The number of hydrogen-bond acceptors (Lipinski definition) is 6. The molecular weight excluding hydrogens is 310 g/mol. The lowest BCUT2D eigenvalue weighted by Gasteiger charge is -2.23. The summed E-state index contributed by atoms with van der Waals surface area (Å²) in [6, 6.07) is 3.54. The fourth-order valence-electron chi connectivity index (χ4n) is 3.05. The Morgan fingerprint density at radius 2 is 2.21 bits per heavy atom. The zero-order valence-corrected chi connectivity index (χ0v) is 12.9. The average molecular weight is 327 g/mol. The molecule has 2 N–H and O–H groups in total. The van der Waals surface area contributed by atoms with E-state index in [0.29, 0.717) is 25.2 Å². The maximum absolute atomic E-state index is 12.5. The molecule has 4 rings (SSSR count). The molecule has 0 spiro atoms. The number of carbonyl (C=O) groups is 1. The van der Waals surface area contributed by atoms with Gasteiger partial charge in [0.25, 0.3) is 5.91 Å². The Labute approximate surface area is 137 Å². The molecule has 0 aromatic carbocycles. The molecule has 1 amide bonds. The summed E-state index contributed by atoms with van der Waals surface area (Å²) in [6.45, 7) is 1.77. The number of aromatic nitrogens is 3. The van der Waals surface area contributed by atoms with Crippen LogP contribution in [0, 0.1) is 0 Å². The fourth-order valence-corrected chi connectivity index (χ4v) is 3.05. The third-order valence-electron chi connectivity index (χ3n) is 4.19. The van der Waals surface area contributed by atoms with Gasteiger partial charge in [0.1, 0.15) is 24.1 Å². The van der Waals surface area contributed by atoms with Crippen LogP contribution in [0.2, 0.25) is 0 Å². The van der Waals surface area contributed by atoms with Gasteiger partial charge in [-0.3, -0.25) is 4.79 Å². The maximum Gasteiger partial charge on any atom is 0.257 e. The number of hydrogen-bond donors (Lipinski definition) is 2. The van der Waals surface area contributed by atoms with Gasteiger partial charge < -0.3 is 24.3 Å². The van der Waals surface area contributed by atoms with Crippen LogP contribution in [0.5, 0.6) is 0 Å². The second-order valence-electron chi connectivity index (χ2n) is 5.80. The molecule has 4 heterocycles. The zero-order valence-electron chi connectivity index (χ0n) is 12.9. The summed E-state index contributed by atoms with van der Waals surface area (Å²) < 4.78 is 4.97. The zero-order chi connectivity index (χ0) is 16.5. The number of furan rings is 1. The van der Waals surface area contributed by atoms with Crippen molar-refractivity contribution in [1.29, 1.82) is 0 Å². The van der Waals surface area contributed by atoms with Crippen LogP contribution in [-0.4, -0.2) is 63.1 Å². The van der Waals surface area contributed by atoms with Gasteiger partial charge in [0.15, 0.2) is 0 Å². The second kappa shape index (κ2) is 5.97. The van der Waals surface area contributed by atoms with E-state index in [2.05, 4.69) is 15.0 Å². The minimum Gasteiger partial charge on any atom is -0.472 e. The van der Waals surface area contributed by atoms with Gasteiger partial charge in [-0.2, -0.15) is 0 Å². The predicted molar refractivity (Wildman–Crippen MR) is 86.7 cm³/mol. The molecule has 24 heavy (non-hydrogen) atoms. The molecule has 1 saturated heterocycles. The SMILES string of the molecule is O=C(c1ccoc1)N1CCN(c2ncnc3[nH]ccc23)C[C@@H](O)C1. The van der Waals surface area contributed by atoms with Gasteiger partial charge in [-0.1, -0.05) is 0 Å². The first-order valence-electron chi connectivity index (χ1n) is 7.75. The first kappa shape index (κ1) is 14.7. The third-order valence-corrected chi connectivity index (χ3v) is 4.19. The van der Waals surface area contributed by atoms with Crippen LogP contribution in [0.3, 0.4) is 0 Å². The van der Waals surface area contributed by atoms with Crippen molar-refractivity contribution in [1.82, 2.24) is 19.9 Å². The molecule has 0 aliphatic carbocycles. The number of amides is 1. The van der Waals surface area contributed by atoms with Crippen molar-refractivity contribution in [2.75, 3.05) is 31.1 Å². The lowest BCUT2D eigenvalue weighted by molar-refractivity contribution is 0.0673. The number of aliphatic hydroxyl groups excluding tert-OH is 1. The molecule has 0 saturated carbocycles. The molecule has 1 atom stereocenters. The number of carbonyl (C=O) groups excluding carboxylic acids is 1. The first-order valence-corrected chi connectivity index (χ1v) is 7.75. The van der Waals surface area contributed by atoms with Gasteiger partial charge in [-0.15, -0.1) is 0 Å². The Kier molecular flexibility index (Phi) is 3.66. The van der Waals surface area contributed by atoms with E-state index in [4.69, 9.17) is 4.42 Å².